The minimum Gasteiger partial charge on any atom is -0.359 e. The van der Waals surface area contributed by atoms with E-state index in [2.05, 4.69) is 20.5 Å². The van der Waals surface area contributed by atoms with Crippen LogP contribution in [0.1, 0.15) is 23.3 Å². The van der Waals surface area contributed by atoms with Gasteiger partial charge in [0.2, 0.25) is 5.91 Å². The summed E-state index contributed by atoms with van der Waals surface area (Å²) in [6.07, 6.45) is 3.31. The van der Waals surface area contributed by atoms with Gasteiger partial charge in [-0.1, -0.05) is 5.21 Å². The van der Waals surface area contributed by atoms with Crippen LogP contribution in [-0.4, -0.2) is 58.4 Å². The van der Waals surface area contributed by atoms with Crippen LogP contribution >= 0.6 is 0 Å². The number of carbonyl (C=O) groups is 2. The Hall–Kier alpha value is -2.00. The largest absolute Gasteiger partial charge is 0.359 e. The first kappa shape index (κ1) is 15.4. The van der Waals surface area contributed by atoms with Crippen molar-refractivity contribution in [3.8, 4) is 0 Å². The Balaban J connectivity index is 1.76. The van der Waals surface area contributed by atoms with Crippen molar-refractivity contribution >= 4 is 11.8 Å². The topological polar surface area (TPSA) is 118 Å². The van der Waals surface area contributed by atoms with Gasteiger partial charge in [0.05, 0.1) is 12.7 Å². The average Bonchev–Trinajstić information content (AvgIpc) is 3.01. The normalized spacial score (nSPS) is 16.7. The van der Waals surface area contributed by atoms with Crippen molar-refractivity contribution in [1.82, 2.24) is 30.6 Å². The van der Waals surface area contributed by atoms with E-state index in [4.69, 9.17) is 5.84 Å². The van der Waals surface area contributed by atoms with Gasteiger partial charge in [-0.05, 0) is 25.9 Å². The predicted molar refractivity (Wildman–Crippen MR) is 74.9 cm³/mol. The lowest BCUT2D eigenvalue weighted by Crippen LogP contribution is -2.40. The molecule has 0 unspecified atom stereocenters. The molecular formula is C12H21N7O2. The van der Waals surface area contributed by atoms with Crippen molar-refractivity contribution in [2.24, 2.45) is 11.8 Å². The molecule has 0 aliphatic carbocycles. The molecule has 21 heavy (non-hydrogen) atoms. The lowest BCUT2D eigenvalue weighted by molar-refractivity contribution is -0.125. The number of hydrazine groups is 1. The number of likely N-dealkylation sites (tertiary alicyclic amines) is 1. The fraction of sp³-hybridized carbons (Fsp3) is 0.667. The van der Waals surface area contributed by atoms with Crippen LogP contribution in [0.15, 0.2) is 6.20 Å². The summed E-state index contributed by atoms with van der Waals surface area (Å²) < 4.78 is 1.62. The Bertz CT molecular complexity index is 494. The maximum Gasteiger partial charge on any atom is 0.287 e. The molecule has 1 fully saturated rings. The third-order valence-electron chi connectivity index (χ3n) is 3.75. The van der Waals surface area contributed by atoms with Crippen LogP contribution in [0.2, 0.25) is 0 Å². The molecule has 9 heteroatoms. The highest BCUT2D eigenvalue weighted by Crippen LogP contribution is 2.16. The smallest absolute Gasteiger partial charge is 0.287 e. The third-order valence-corrected chi connectivity index (χ3v) is 3.75. The van der Waals surface area contributed by atoms with E-state index in [9.17, 15) is 9.59 Å². The summed E-state index contributed by atoms with van der Waals surface area (Å²) in [5.41, 5.74) is 2.22. The number of hydrogen-bond acceptors (Lipinski definition) is 6. The highest BCUT2D eigenvalue weighted by atomic mass is 16.2. The summed E-state index contributed by atoms with van der Waals surface area (Å²) in [6, 6.07) is 0. The standard InChI is InChI=1S/C12H21N7O2/c1-14-11(20)9-2-4-18(5-3-9)6-7-19-8-10(16-17-19)12(21)15-13/h8-9H,2-7,13H2,1H3,(H,14,20)(H,15,21). The molecule has 116 valence electrons. The number of rotatable bonds is 5. The minimum atomic E-state index is -0.451. The first-order chi connectivity index (χ1) is 10.1. The van der Waals surface area contributed by atoms with E-state index >= 15 is 0 Å². The Morgan fingerprint density at radius 3 is 2.71 bits per heavy atom. The van der Waals surface area contributed by atoms with Crippen LogP contribution in [-0.2, 0) is 11.3 Å². The van der Waals surface area contributed by atoms with Crippen molar-refractivity contribution in [3.05, 3.63) is 11.9 Å². The van der Waals surface area contributed by atoms with Crippen LogP contribution in [0.4, 0.5) is 0 Å². The summed E-state index contributed by atoms with van der Waals surface area (Å²) in [5, 5.41) is 10.3. The fourth-order valence-corrected chi connectivity index (χ4v) is 2.45. The van der Waals surface area contributed by atoms with E-state index in [1.807, 2.05) is 5.43 Å². The molecule has 0 saturated carbocycles. The number of nitrogen functional groups attached to an aromatic ring is 1. The maximum absolute atomic E-state index is 11.5. The number of hydrogen-bond donors (Lipinski definition) is 3. The van der Waals surface area contributed by atoms with E-state index < -0.39 is 5.91 Å². The molecule has 2 heterocycles. The minimum absolute atomic E-state index is 0.123. The van der Waals surface area contributed by atoms with Gasteiger partial charge in [0.1, 0.15) is 0 Å². The number of nitrogens with zero attached hydrogens (tertiary/aromatic N) is 4. The van der Waals surface area contributed by atoms with Crippen LogP contribution in [0.3, 0.4) is 0 Å². The number of aromatic nitrogens is 3. The molecule has 9 nitrogen and oxygen atoms in total. The zero-order chi connectivity index (χ0) is 15.2. The van der Waals surface area contributed by atoms with Crippen molar-refractivity contribution in [1.29, 1.82) is 0 Å². The molecule has 0 spiro atoms. The molecule has 0 atom stereocenters. The second kappa shape index (κ2) is 7.14. The Kier molecular flexibility index (Phi) is 5.23. The molecule has 0 radical (unpaired) electrons. The summed E-state index contributed by atoms with van der Waals surface area (Å²) in [6.45, 7) is 3.24. The van der Waals surface area contributed by atoms with Gasteiger partial charge in [-0.15, -0.1) is 5.10 Å². The van der Waals surface area contributed by atoms with E-state index in [1.165, 1.54) is 0 Å². The maximum atomic E-state index is 11.5. The summed E-state index contributed by atoms with van der Waals surface area (Å²) in [4.78, 5) is 25.1. The molecule has 1 aliphatic rings. The van der Waals surface area contributed by atoms with Gasteiger partial charge in [0.15, 0.2) is 5.69 Å². The van der Waals surface area contributed by atoms with E-state index in [0.717, 1.165) is 32.5 Å². The van der Waals surface area contributed by atoms with Crippen LogP contribution in [0.25, 0.3) is 0 Å². The van der Waals surface area contributed by atoms with Crippen LogP contribution < -0.4 is 16.6 Å². The van der Waals surface area contributed by atoms with Gasteiger partial charge in [0, 0.05) is 19.5 Å². The number of nitrogens with two attached hydrogens (primary N) is 1. The molecule has 1 aliphatic heterocycles. The van der Waals surface area contributed by atoms with Crippen molar-refractivity contribution < 1.29 is 9.59 Å². The van der Waals surface area contributed by atoms with Crippen molar-refractivity contribution in [3.63, 3.8) is 0 Å². The first-order valence-corrected chi connectivity index (χ1v) is 6.99. The summed E-state index contributed by atoms with van der Waals surface area (Å²) in [5.74, 6) is 4.84. The lowest BCUT2D eigenvalue weighted by Gasteiger charge is -2.30. The lowest BCUT2D eigenvalue weighted by atomic mass is 9.96. The third kappa shape index (κ3) is 3.99. The molecule has 0 bridgehead atoms. The number of amides is 2. The van der Waals surface area contributed by atoms with Crippen LogP contribution in [0, 0.1) is 5.92 Å². The van der Waals surface area contributed by atoms with Gasteiger partial charge in [0.25, 0.3) is 5.91 Å². The average molecular weight is 295 g/mol. The molecule has 1 aromatic rings. The Morgan fingerprint density at radius 2 is 2.10 bits per heavy atom. The zero-order valence-corrected chi connectivity index (χ0v) is 12.1. The Labute approximate surface area is 122 Å². The van der Waals surface area contributed by atoms with Crippen molar-refractivity contribution in [2.75, 3.05) is 26.7 Å². The molecule has 4 N–H and O–H groups in total. The predicted octanol–water partition coefficient (Wildman–Crippen LogP) is -1.66. The monoisotopic (exact) mass is 295 g/mol. The number of nitrogens with one attached hydrogen (secondary N) is 2. The van der Waals surface area contributed by atoms with Crippen molar-refractivity contribution in [2.45, 2.75) is 19.4 Å². The molecular weight excluding hydrogens is 274 g/mol. The van der Waals surface area contributed by atoms with Gasteiger partial charge in [-0.2, -0.15) is 0 Å². The summed E-state index contributed by atoms with van der Waals surface area (Å²) >= 11 is 0. The highest BCUT2D eigenvalue weighted by Gasteiger charge is 2.23. The van der Waals surface area contributed by atoms with E-state index in [1.54, 1.807) is 17.9 Å². The SMILES string of the molecule is CNC(=O)C1CCN(CCn2cc(C(=O)NN)nn2)CC1. The number of carbonyl (C=O) groups excluding carboxylic acids is 2. The van der Waals surface area contributed by atoms with E-state index in [0.29, 0.717) is 6.54 Å². The number of piperidine rings is 1. The van der Waals surface area contributed by atoms with Gasteiger partial charge < -0.3 is 10.2 Å². The van der Waals surface area contributed by atoms with E-state index in [-0.39, 0.29) is 17.5 Å². The molecule has 2 rings (SSSR count). The van der Waals surface area contributed by atoms with Gasteiger partial charge in [-0.25, -0.2) is 5.84 Å². The Morgan fingerprint density at radius 1 is 1.38 bits per heavy atom. The second-order valence-corrected chi connectivity index (χ2v) is 5.07. The zero-order valence-electron chi connectivity index (χ0n) is 12.1. The molecule has 2 amide bonds. The quantitative estimate of drug-likeness (QED) is 0.340. The van der Waals surface area contributed by atoms with Gasteiger partial charge >= 0.3 is 0 Å². The van der Waals surface area contributed by atoms with Gasteiger partial charge in [-0.3, -0.25) is 19.7 Å². The fourth-order valence-electron chi connectivity index (χ4n) is 2.45. The molecule has 0 aromatic carbocycles. The molecule has 1 aromatic heterocycles. The van der Waals surface area contributed by atoms with Crippen LogP contribution in [0.5, 0.6) is 0 Å². The second-order valence-electron chi connectivity index (χ2n) is 5.07. The molecule has 1 saturated heterocycles. The summed E-state index contributed by atoms with van der Waals surface area (Å²) in [7, 11) is 1.68. The highest BCUT2D eigenvalue weighted by molar-refractivity contribution is 5.91. The first-order valence-electron chi connectivity index (χ1n) is 6.99.